The molecule has 2 rings (SSSR count). The van der Waals surface area contributed by atoms with Crippen LogP contribution in [0, 0.1) is 5.82 Å². The van der Waals surface area contributed by atoms with Gasteiger partial charge in [0.05, 0.1) is 5.56 Å². The van der Waals surface area contributed by atoms with Gasteiger partial charge in [-0.3, -0.25) is 4.79 Å². The van der Waals surface area contributed by atoms with Crippen LogP contribution in [0.2, 0.25) is 5.02 Å². The second-order valence-electron chi connectivity index (χ2n) is 3.65. The number of carbonyl (C=O) groups is 1. The lowest BCUT2D eigenvalue weighted by Crippen LogP contribution is -2.02. The molecule has 0 fully saturated rings. The zero-order valence-corrected chi connectivity index (χ0v) is 10.3. The summed E-state index contributed by atoms with van der Waals surface area (Å²) in [6.45, 7) is 0.260. The number of benzene rings is 1. The highest BCUT2D eigenvalue weighted by molar-refractivity contribution is 6.30. The third-order valence-corrected chi connectivity index (χ3v) is 2.58. The van der Waals surface area contributed by atoms with Crippen LogP contribution in [-0.2, 0) is 11.3 Å². The van der Waals surface area contributed by atoms with Gasteiger partial charge in [-0.1, -0.05) is 11.6 Å². The van der Waals surface area contributed by atoms with Gasteiger partial charge in [-0.05, 0) is 30.3 Å². The van der Waals surface area contributed by atoms with Gasteiger partial charge in [-0.15, -0.1) is 0 Å². The van der Waals surface area contributed by atoms with Crippen molar-refractivity contribution in [3.8, 4) is 0 Å². The van der Waals surface area contributed by atoms with Crippen LogP contribution in [0.5, 0.6) is 0 Å². The molecule has 0 atom stereocenters. The fourth-order valence-electron chi connectivity index (χ4n) is 1.53. The fraction of sp³-hybridized carbons (Fsp3) is 0.154. The van der Waals surface area contributed by atoms with Crippen LogP contribution >= 0.6 is 11.6 Å². The Morgan fingerprint density at radius 1 is 1.39 bits per heavy atom. The molecule has 1 aromatic carbocycles. The van der Waals surface area contributed by atoms with Crippen LogP contribution in [0.3, 0.4) is 0 Å². The Hall–Kier alpha value is -1.65. The molecule has 0 aliphatic rings. The molecule has 94 valence electrons. The SMILES string of the molecule is COCc1ccc(C(=O)c2ccc(Cl)cc2F)o1. The van der Waals surface area contributed by atoms with Gasteiger partial charge in [0.2, 0.25) is 5.78 Å². The maximum atomic E-state index is 13.6. The van der Waals surface area contributed by atoms with Crippen molar-refractivity contribution in [2.45, 2.75) is 6.61 Å². The molecule has 0 N–H and O–H groups in total. The number of hydrogen-bond acceptors (Lipinski definition) is 3. The van der Waals surface area contributed by atoms with E-state index in [0.717, 1.165) is 6.07 Å². The summed E-state index contributed by atoms with van der Waals surface area (Å²) in [7, 11) is 1.52. The predicted octanol–water partition coefficient (Wildman–Crippen LogP) is 3.45. The zero-order valence-electron chi connectivity index (χ0n) is 9.57. The van der Waals surface area contributed by atoms with Crippen molar-refractivity contribution < 1.29 is 18.3 Å². The second-order valence-corrected chi connectivity index (χ2v) is 4.09. The van der Waals surface area contributed by atoms with Crippen LogP contribution in [0.25, 0.3) is 0 Å². The van der Waals surface area contributed by atoms with Crippen LogP contribution in [-0.4, -0.2) is 12.9 Å². The first-order valence-electron chi connectivity index (χ1n) is 5.19. The minimum Gasteiger partial charge on any atom is -0.455 e. The lowest BCUT2D eigenvalue weighted by molar-refractivity contribution is 0.0996. The zero-order chi connectivity index (χ0) is 13.1. The highest BCUT2D eigenvalue weighted by atomic mass is 35.5. The van der Waals surface area contributed by atoms with Crippen molar-refractivity contribution >= 4 is 17.4 Å². The first-order valence-corrected chi connectivity index (χ1v) is 5.57. The Morgan fingerprint density at radius 2 is 2.17 bits per heavy atom. The van der Waals surface area contributed by atoms with Crippen LogP contribution in [0.4, 0.5) is 4.39 Å². The molecule has 18 heavy (non-hydrogen) atoms. The van der Waals surface area contributed by atoms with E-state index >= 15 is 0 Å². The topological polar surface area (TPSA) is 39.4 Å². The lowest BCUT2D eigenvalue weighted by Gasteiger charge is -2.00. The first kappa shape index (κ1) is 12.8. The third kappa shape index (κ3) is 2.60. The quantitative estimate of drug-likeness (QED) is 0.797. The summed E-state index contributed by atoms with van der Waals surface area (Å²) in [5.74, 6) is -0.609. The molecule has 3 nitrogen and oxygen atoms in total. The average molecular weight is 269 g/mol. The maximum Gasteiger partial charge on any atom is 0.231 e. The molecule has 0 radical (unpaired) electrons. The number of ketones is 1. The number of rotatable bonds is 4. The number of hydrogen-bond donors (Lipinski definition) is 0. The summed E-state index contributed by atoms with van der Waals surface area (Å²) in [4.78, 5) is 12.0. The molecule has 0 amide bonds. The molecule has 0 saturated carbocycles. The summed E-state index contributed by atoms with van der Waals surface area (Å²) >= 11 is 5.62. The molecule has 5 heteroatoms. The summed E-state index contributed by atoms with van der Waals surface area (Å²) in [5, 5.41) is 0.239. The van der Waals surface area contributed by atoms with E-state index in [9.17, 15) is 9.18 Å². The molecule has 1 heterocycles. The molecule has 0 aliphatic carbocycles. The van der Waals surface area contributed by atoms with Gasteiger partial charge in [0.25, 0.3) is 0 Å². The maximum absolute atomic E-state index is 13.6. The van der Waals surface area contributed by atoms with Crippen LogP contribution in [0.15, 0.2) is 34.7 Å². The minimum atomic E-state index is -0.669. The van der Waals surface area contributed by atoms with E-state index in [4.69, 9.17) is 20.8 Å². The largest absolute Gasteiger partial charge is 0.455 e. The van der Waals surface area contributed by atoms with E-state index in [0.29, 0.717) is 5.76 Å². The van der Waals surface area contributed by atoms with Gasteiger partial charge < -0.3 is 9.15 Å². The van der Waals surface area contributed by atoms with E-state index in [1.165, 1.54) is 25.3 Å². The molecular weight excluding hydrogens is 259 g/mol. The van der Waals surface area contributed by atoms with Crippen LogP contribution in [0.1, 0.15) is 21.9 Å². The Kier molecular flexibility index (Phi) is 3.79. The van der Waals surface area contributed by atoms with Crippen molar-refractivity contribution in [1.82, 2.24) is 0 Å². The average Bonchev–Trinajstić information content (AvgIpc) is 2.77. The molecule has 0 saturated heterocycles. The van der Waals surface area contributed by atoms with Gasteiger partial charge in [-0.25, -0.2) is 4.39 Å². The van der Waals surface area contributed by atoms with Crippen molar-refractivity contribution in [3.05, 3.63) is 58.3 Å². The third-order valence-electron chi connectivity index (χ3n) is 2.35. The van der Waals surface area contributed by atoms with E-state index < -0.39 is 11.6 Å². The normalized spacial score (nSPS) is 10.6. The minimum absolute atomic E-state index is 0.0716. The molecule has 0 spiro atoms. The Labute approximate surface area is 108 Å². The van der Waals surface area contributed by atoms with Gasteiger partial charge in [0.1, 0.15) is 18.2 Å². The van der Waals surface area contributed by atoms with E-state index in [1.54, 1.807) is 6.07 Å². The smallest absolute Gasteiger partial charge is 0.231 e. The molecule has 0 unspecified atom stereocenters. The molecule has 2 aromatic rings. The number of methoxy groups -OCH3 is 1. The summed E-state index contributed by atoms with van der Waals surface area (Å²) < 4.78 is 23.7. The standard InChI is InChI=1S/C13H10ClFO3/c1-17-7-9-3-5-12(18-9)13(16)10-4-2-8(14)6-11(10)15/h2-6H,7H2,1H3. The Balaban J connectivity index is 2.29. The molecule has 0 aliphatic heterocycles. The second kappa shape index (κ2) is 5.33. The van der Waals surface area contributed by atoms with Crippen LogP contribution < -0.4 is 0 Å². The van der Waals surface area contributed by atoms with Crippen molar-refractivity contribution in [2.75, 3.05) is 7.11 Å². The Morgan fingerprint density at radius 3 is 2.83 bits per heavy atom. The number of furan rings is 1. The Bertz CT molecular complexity index is 577. The van der Waals surface area contributed by atoms with Gasteiger partial charge in [0, 0.05) is 12.1 Å². The lowest BCUT2D eigenvalue weighted by atomic mass is 10.1. The van der Waals surface area contributed by atoms with Gasteiger partial charge in [0.15, 0.2) is 5.76 Å². The summed E-state index contributed by atoms with van der Waals surface area (Å²) in [5.41, 5.74) is -0.0716. The number of ether oxygens (including phenoxy) is 1. The fourth-order valence-corrected chi connectivity index (χ4v) is 1.68. The van der Waals surface area contributed by atoms with Gasteiger partial charge in [-0.2, -0.15) is 0 Å². The van der Waals surface area contributed by atoms with E-state index in [1.807, 2.05) is 0 Å². The highest BCUT2D eigenvalue weighted by Gasteiger charge is 2.17. The van der Waals surface area contributed by atoms with E-state index in [-0.39, 0.29) is 23.0 Å². The predicted molar refractivity (Wildman–Crippen MR) is 64.3 cm³/mol. The first-order chi connectivity index (χ1) is 8.61. The summed E-state index contributed by atoms with van der Waals surface area (Å²) in [6, 6.07) is 6.98. The molecular formula is C13H10ClFO3. The summed E-state index contributed by atoms with van der Waals surface area (Å²) in [6.07, 6.45) is 0. The molecule has 0 bridgehead atoms. The van der Waals surface area contributed by atoms with Crippen molar-refractivity contribution in [2.24, 2.45) is 0 Å². The van der Waals surface area contributed by atoms with E-state index in [2.05, 4.69) is 0 Å². The highest BCUT2D eigenvalue weighted by Crippen LogP contribution is 2.19. The molecule has 1 aromatic heterocycles. The number of halogens is 2. The van der Waals surface area contributed by atoms with Crippen molar-refractivity contribution in [3.63, 3.8) is 0 Å². The monoisotopic (exact) mass is 268 g/mol. The number of carbonyl (C=O) groups excluding carboxylic acids is 1. The van der Waals surface area contributed by atoms with Gasteiger partial charge >= 0.3 is 0 Å². The van der Waals surface area contributed by atoms with Crippen molar-refractivity contribution in [1.29, 1.82) is 0 Å².